The van der Waals surface area contributed by atoms with E-state index in [-0.39, 0.29) is 11.3 Å². The summed E-state index contributed by atoms with van der Waals surface area (Å²) in [4.78, 5) is 12.8. The van der Waals surface area contributed by atoms with E-state index >= 15 is 0 Å². The quantitative estimate of drug-likeness (QED) is 0.835. The molecule has 1 aromatic rings. The number of hydrogen-bond acceptors (Lipinski definition) is 4. The number of aliphatic carboxylic acids is 1. The fourth-order valence-corrected chi connectivity index (χ4v) is 3.89. The van der Waals surface area contributed by atoms with Crippen LogP contribution in [0, 0.1) is 0 Å². The van der Waals surface area contributed by atoms with E-state index in [1.807, 2.05) is 4.90 Å². The van der Waals surface area contributed by atoms with E-state index in [9.17, 15) is 13.2 Å². The fraction of sp³-hybridized carbons (Fsp3) is 0.462. The number of piperazine rings is 1. The molecule has 1 N–H and O–H groups in total. The Bertz CT molecular complexity index is 595. The molecule has 2 rings (SSSR count). The van der Waals surface area contributed by atoms with Crippen LogP contribution in [0.25, 0.3) is 0 Å². The molecule has 1 fully saturated rings. The van der Waals surface area contributed by atoms with Crippen LogP contribution in [0.3, 0.4) is 0 Å². The lowest BCUT2D eigenvalue weighted by Gasteiger charge is -2.33. The van der Waals surface area contributed by atoms with E-state index in [2.05, 4.69) is 15.9 Å². The Balaban J connectivity index is 1.97. The lowest BCUT2D eigenvalue weighted by atomic mass is 10.3. The third-order valence-corrected chi connectivity index (χ3v) is 5.87. The van der Waals surface area contributed by atoms with Gasteiger partial charge in [0.2, 0.25) is 10.0 Å². The highest BCUT2D eigenvalue weighted by Gasteiger charge is 2.28. The van der Waals surface area contributed by atoms with Gasteiger partial charge in [-0.3, -0.25) is 4.79 Å². The first-order valence-corrected chi connectivity index (χ1v) is 8.83. The van der Waals surface area contributed by atoms with Gasteiger partial charge in [0.25, 0.3) is 0 Å². The molecular weight excluding hydrogens is 360 g/mol. The molecule has 0 bridgehead atoms. The first-order chi connectivity index (χ1) is 9.89. The second kappa shape index (κ2) is 6.87. The van der Waals surface area contributed by atoms with Crippen LogP contribution in [-0.4, -0.2) is 61.4 Å². The van der Waals surface area contributed by atoms with E-state index < -0.39 is 16.0 Å². The first kappa shape index (κ1) is 16.4. The maximum Gasteiger partial charge on any atom is 0.304 e. The number of sulfonamides is 1. The summed E-state index contributed by atoms with van der Waals surface area (Å²) in [6.45, 7) is 2.35. The Hall–Kier alpha value is -0.960. The van der Waals surface area contributed by atoms with Crippen molar-refractivity contribution in [1.29, 1.82) is 0 Å². The lowest BCUT2D eigenvalue weighted by Crippen LogP contribution is -2.48. The normalized spacial score (nSPS) is 17.8. The van der Waals surface area contributed by atoms with Gasteiger partial charge in [0.05, 0.1) is 11.3 Å². The summed E-state index contributed by atoms with van der Waals surface area (Å²) in [6.07, 6.45) is 0.0828. The minimum Gasteiger partial charge on any atom is -0.481 e. The van der Waals surface area contributed by atoms with E-state index in [0.717, 1.165) is 4.47 Å². The Kier molecular flexibility index (Phi) is 5.37. The Morgan fingerprint density at radius 3 is 2.24 bits per heavy atom. The molecule has 1 aliphatic rings. The van der Waals surface area contributed by atoms with Gasteiger partial charge in [-0.05, 0) is 24.3 Å². The molecule has 0 amide bonds. The van der Waals surface area contributed by atoms with Crippen molar-refractivity contribution in [2.75, 3.05) is 32.7 Å². The zero-order valence-electron chi connectivity index (χ0n) is 11.4. The molecule has 1 heterocycles. The number of carboxylic acid groups (broad SMARTS) is 1. The summed E-state index contributed by atoms with van der Waals surface area (Å²) < 4.78 is 27.2. The number of carbonyl (C=O) groups is 1. The number of nitrogens with zero attached hydrogens (tertiary/aromatic N) is 2. The zero-order valence-corrected chi connectivity index (χ0v) is 13.8. The molecule has 6 nitrogen and oxygen atoms in total. The van der Waals surface area contributed by atoms with Crippen LogP contribution in [0.5, 0.6) is 0 Å². The molecule has 0 saturated carbocycles. The molecule has 1 saturated heterocycles. The van der Waals surface area contributed by atoms with E-state index in [4.69, 9.17) is 5.11 Å². The Labute approximate surface area is 132 Å². The molecule has 116 valence electrons. The van der Waals surface area contributed by atoms with Gasteiger partial charge in [0.1, 0.15) is 0 Å². The molecule has 0 unspecified atom stereocenters. The van der Waals surface area contributed by atoms with Crippen molar-refractivity contribution in [1.82, 2.24) is 9.21 Å². The second-order valence-electron chi connectivity index (χ2n) is 4.84. The largest absolute Gasteiger partial charge is 0.481 e. The highest BCUT2D eigenvalue weighted by atomic mass is 79.9. The molecule has 0 aromatic heterocycles. The predicted molar refractivity (Wildman–Crippen MR) is 81.6 cm³/mol. The predicted octanol–water partition coefficient (Wildman–Crippen LogP) is 1.23. The third-order valence-electron chi connectivity index (χ3n) is 3.42. The van der Waals surface area contributed by atoms with Gasteiger partial charge in [-0.25, -0.2) is 8.42 Å². The number of carboxylic acids is 1. The zero-order chi connectivity index (χ0) is 15.5. The summed E-state index contributed by atoms with van der Waals surface area (Å²) in [7, 11) is -3.46. The molecule has 21 heavy (non-hydrogen) atoms. The monoisotopic (exact) mass is 376 g/mol. The highest BCUT2D eigenvalue weighted by molar-refractivity contribution is 9.10. The van der Waals surface area contributed by atoms with Crippen molar-refractivity contribution in [3.05, 3.63) is 28.7 Å². The molecule has 0 spiro atoms. The van der Waals surface area contributed by atoms with Gasteiger partial charge in [-0.15, -0.1) is 0 Å². The highest BCUT2D eigenvalue weighted by Crippen LogP contribution is 2.20. The minimum atomic E-state index is -3.46. The molecule has 0 radical (unpaired) electrons. The maximum atomic E-state index is 12.5. The molecule has 1 aliphatic heterocycles. The smallest absolute Gasteiger partial charge is 0.304 e. The van der Waals surface area contributed by atoms with Crippen molar-refractivity contribution in [3.8, 4) is 0 Å². The third kappa shape index (κ3) is 4.26. The average molecular weight is 377 g/mol. The Morgan fingerprint density at radius 1 is 1.14 bits per heavy atom. The number of rotatable bonds is 5. The summed E-state index contributed by atoms with van der Waals surface area (Å²) in [5.74, 6) is -0.833. The van der Waals surface area contributed by atoms with Crippen LogP contribution < -0.4 is 0 Å². The summed E-state index contributed by atoms with van der Waals surface area (Å²) in [6, 6.07) is 6.57. The van der Waals surface area contributed by atoms with Crippen molar-refractivity contribution in [2.24, 2.45) is 0 Å². The molecule has 0 aliphatic carbocycles. The van der Waals surface area contributed by atoms with Gasteiger partial charge < -0.3 is 10.0 Å². The summed E-state index contributed by atoms with van der Waals surface area (Å²) >= 11 is 3.28. The van der Waals surface area contributed by atoms with Gasteiger partial charge in [0, 0.05) is 37.2 Å². The SMILES string of the molecule is O=C(O)CCN1CCN(S(=O)(=O)c2ccc(Br)cc2)CC1. The molecule has 8 heteroatoms. The summed E-state index contributed by atoms with van der Waals surface area (Å²) in [5.41, 5.74) is 0. The van der Waals surface area contributed by atoms with Crippen LogP contribution in [0.1, 0.15) is 6.42 Å². The van der Waals surface area contributed by atoms with Crippen molar-refractivity contribution < 1.29 is 18.3 Å². The molecular formula is C13H17BrN2O4S. The molecule has 0 atom stereocenters. The van der Waals surface area contributed by atoms with Crippen LogP contribution in [-0.2, 0) is 14.8 Å². The standard InChI is InChI=1S/C13H17BrN2O4S/c14-11-1-3-12(4-2-11)21(19,20)16-9-7-15(8-10-16)6-5-13(17)18/h1-4H,5-10H2,(H,17,18). The van der Waals surface area contributed by atoms with Crippen molar-refractivity contribution in [3.63, 3.8) is 0 Å². The second-order valence-corrected chi connectivity index (χ2v) is 7.70. The average Bonchev–Trinajstić information content (AvgIpc) is 2.46. The number of hydrogen-bond donors (Lipinski definition) is 1. The molecule has 1 aromatic carbocycles. The van der Waals surface area contributed by atoms with Gasteiger partial charge in [0.15, 0.2) is 0 Å². The van der Waals surface area contributed by atoms with Crippen molar-refractivity contribution in [2.45, 2.75) is 11.3 Å². The van der Waals surface area contributed by atoms with E-state index in [1.54, 1.807) is 24.3 Å². The van der Waals surface area contributed by atoms with E-state index in [0.29, 0.717) is 32.7 Å². The first-order valence-electron chi connectivity index (χ1n) is 6.59. The topological polar surface area (TPSA) is 77.9 Å². The van der Waals surface area contributed by atoms with Crippen LogP contribution >= 0.6 is 15.9 Å². The van der Waals surface area contributed by atoms with E-state index in [1.165, 1.54) is 4.31 Å². The maximum absolute atomic E-state index is 12.5. The summed E-state index contributed by atoms with van der Waals surface area (Å²) in [5, 5.41) is 8.66. The van der Waals surface area contributed by atoms with Crippen LogP contribution in [0.2, 0.25) is 0 Å². The number of benzene rings is 1. The van der Waals surface area contributed by atoms with Crippen molar-refractivity contribution >= 4 is 31.9 Å². The Morgan fingerprint density at radius 2 is 1.71 bits per heavy atom. The van der Waals surface area contributed by atoms with Gasteiger partial charge in [-0.1, -0.05) is 15.9 Å². The fourth-order valence-electron chi connectivity index (χ4n) is 2.20. The van der Waals surface area contributed by atoms with Gasteiger partial charge in [-0.2, -0.15) is 4.31 Å². The minimum absolute atomic E-state index is 0.0828. The number of halogens is 1. The van der Waals surface area contributed by atoms with Crippen LogP contribution in [0.15, 0.2) is 33.6 Å². The lowest BCUT2D eigenvalue weighted by molar-refractivity contribution is -0.137. The van der Waals surface area contributed by atoms with Gasteiger partial charge >= 0.3 is 5.97 Å². The van der Waals surface area contributed by atoms with Crippen LogP contribution in [0.4, 0.5) is 0 Å².